The summed E-state index contributed by atoms with van der Waals surface area (Å²) in [5, 5.41) is 3.10. The molecule has 1 saturated heterocycles. The highest BCUT2D eigenvalue weighted by Crippen LogP contribution is 2.47. The van der Waals surface area contributed by atoms with Gasteiger partial charge in [-0.15, -0.1) is 0 Å². The van der Waals surface area contributed by atoms with Gasteiger partial charge in [-0.3, -0.25) is 4.79 Å². The first-order valence-electron chi connectivity index (χ1n) is 6.92. The molecule has 0 bridgehead atoms. The van der Waals surface area contributed by atoms with E-state index in [-0.39, 0.29) is 11.9 Å². The van der Waals surface area contributed by atoms with Gasteiger partial charge in [-0.25, -0.2) is 0 Å². The zero-order valence-electron chi connectivity index (χ0n) is 10.6. The van der Waals surface area contributed by atoms with E-state index in [0.29, 0.717) is 5.92 Å². The van der Waals surface area contributed by atoms with E-state index in [2.05, 4.69) is 35.3 Å². The lowest BCUT2D eigenvalue weighted by Crippen LogP contribution is -2.46. The summed E-state index contributed by atoms with van der Waals surface area (Å²) >= 11 is 0. The average molecular weight is 242 g/mol. The number of carbonyl (C=O) groups excluding carboxylic acids is 1. The summed E-state index contributed by atoms with van der Waals surface area (Å²) in [6.45, 7) is 3.13. The molecule has 3 atom stereocenters. The number of hydrogen-bond acceptors (Lipinski definition) is 2. The first-order chi connectivity index (χ1) is 8.74. The number of hydrogen-bond donors (Lipinski definition) is 1. The number of rotatable bonds is 0. The number of benzene rings is 1. The maximum atomic E-state index is 12.3. The molecule has 2 aliphatic heterocycles. The van der Waals surface area contributed by atoms with Gasteiger partial charge in [-0.2, -0.15) is 0 Å². The Balaban J connectivity index is 1.80. The van der Waals surface area contributed by atoms with Crippen molar-refractivity contribution in [2.45, 2.75) is 32.2 Å². The van der Waals surface area contributed by atoms with E-state index in [9.17, 15) is 4.79 Å². The highest BCUT2D eigenvalue weighted by Gasteiger charge is 2.49. The second-order valence-electron chi connectivity index (χ2n) is 5.96. The molecule has 2 fully saturated rings. The molecular weight excluding hydrogens is 224 g/mol. The molecule has 0 spiro atoms. The Morgan fingerprint density at radius 3 is 3.11 bits per heavy atom. The van der Waals surface area contributed by atoms with E-state index >= 15 is 0 Å². The van der Waals surface area contributed by atoms with Crippen molar-refractivity contribution in [1.29, 1.82) is 0 Å². The first kappa shape index (κ1) is 10.4. The topological polar surface area (TPSA) is 32.3 Å². The Bertz CT molecular complexity index is 525. The van der Waals surface area contributed by atoms with Crippen molar-refractivity contribution in [3.63, 3.8) is 0 Å². The van der Waals surface area contributed by atoms with Crippen molar-refractivity contribution in [3.05, 3.63) is 23.8 Å². The molecule has 1 N–H and O–H groups in total. The highest BCUT2D eigenvalue weighted by atomic mass is 16.2. The zero-order chi connectivity index (χ0) is 12.3. The molecule has 94 valence electrons. The van der Waals surface area contributed by atoms with E-state index in [1.54, 1.807) is 0 Å². The van der Waals surface area contributed by atoms with Crippen molar-refractivity contribution in [3.8, 4) is 0 Å². The molecule has 3 unspecified atom stereocenters. The molecular formula is C15H18N2O. The lowest BCUT2D eigenvalue weighted by atomic mass is 9.92. The third-order valence-corrected chi connectivity index (χ3v) is 4.88. The first-order valence-corrected chi connectivity index (χ1v) is 6.92. The quantitative estimate of drug-likeness (QED) is 0.758. The van der Waals surface area contributed by atoms with Crippen LogP contribution in [0.4, 0.5) is 11.4 Å². The zero-order valence-corrected chi connectivity index (χ0v) is 10.6. The van der Waals surface area contributed by atoms with Gasteiger partial charge < -0.3 is 10.2 Å². The Morgan fingerprint density at radius 1 is 1.33 bits per heavy atom. The molecule has 1 saturated carbocycles. The summed E-state index contributed by atoms with van der Waals surface area (Å²) in [5.74, 6) is 1.52. The monoisotopic (exact) mass is 242 g/mol. The number of aryl methyl sites for hydroxylation is 1. The van der Waals surface area contributed by atoms with Gasteiger partial charge in [0.05, 0.1) is 11.4 Å². The van der Waals surface area contributed by atoms with Crippen LogP contribution in [0.1, 0.15) is 24.8 Å². The van der Waals surface area contributed by atoms with Gasteiger partial charge in [-0.1, -0.05) is 12.5 Å². The molecule has 2 heterocycles. The maximum Gasteiger partial charge on any atom is 0.247 e. The molecule has 1 aromatic carbocycles. The average Bonchev–Trinajstić information content (AvgIpc) is 2.87. The molecule has 1 aromatic rings. The summed E-state index contributed by atoms with van der Waals surface area (Å²) in [7, 11) is 0. The van der Waals surface area contributed by atoms with Crippen LogP contribution < -0.4 is 10.2 Å². The number of nitrogens with zero attached hydrogens (tertiary/aromatic N) is 1. The second-order valence-corrected chi connectivity index (χ2v) is 5.96. The normalized spacial score (nSPS) is 32.8. The van der Waals surface area contributed by atoms with Gasteiger partial charge in [0.1, 0.15) is 6.04 Å². The fourth-order valence-corrected chi connectivity index (χ4v) is 4.10. The summed E-state index contributed by atoms with van der Waals surface area (Å²) in [6, 6.07) is 6.48. The predicted octanol–water partition coefficient (Wildman–Crippen LogP) is 2.55. The summed E-state index contributed by atoms with van der Waals surface area (Å²) in [5.41, 5.74) is 3.42. The van der Waals surface area contributed by atoms with Gasteiger partial charge in [0.15, 0.2) is 0 Å². The van der Waals surface area contributed by atoms with Crippen LogP contribution in [0.2, 0.25) is 0 Å². The molecule has 18 heavy (non-hydrogen) atoms. The fraction of sp³-hybridized carbons (Fsp3) is 0.533. The SMILES string of the molecule is Cc1ccc2c(c1)NC(=O)C1C3CCCC3CN21. The Kier molecular flexibility index (Phi) is 2.02. The van der Waals surface area contributed by atoms with Crippen LogP contribution in [0.15, 0.2) is 18.2 Å². The van der Waals surface area contributed by atoms with E-state index in [4.69, 9.17) is 0 Å². The van der Waals surface area contributed by atoms with Gasteiger partial charge in [0.25, 0.3) is 0 Å². The van der Waals surface area contributed by atoms with Crippen molar-refractivity contribution in [1.82, 2.24) is 0 Å². The van der Waals surface area contributed by atoms with Crippen molar-refractivity contribution >= 4 is 17.3 Å². The molecule has 3 aliphatic rings. The molecule has 1 amide bonds. The molecule has 0 radical (unpaired) electrons. The molecule has 3 nitrogen and oxygen atoms in total. The number of fused-ring (bicyclic) bond motifs is 5. The Morgan fingerprint density at radius 2 is 2.22 bits per heavy atom. The van der Waals surface area contributed by atoms with Crippen LogP contribution in [0, 0.1) is 18.8 Å². The van der Waals surface area contributed by atoms with E-state index < -0.39 is 0 Å². The number of anilines is 2. The number of amides is 1. The van der Waals surface area contributed by atoms with Crippen LogP contribution in [0.25, 0.3) is 0 Å². The number of carbonyl (C=O) groups is 1. The van der Waals surface area contributed by atoms with Crippen molar-refractivity contribution < 1.29 is 4.79 Å². The van der Waals surface area contributed by atoms with Crippen molar-refractivity contribution in [2.75, 3.05) is 16.8 Å². The largest absolute Gasteiger partial charge is 0.357 e. The third-order valence-electron chi connectivity index (χ3n) is 4.88. The van der Waals surface area contributed by atoms with E-state index in [1.165, 1.54) is 30.5 Å². The fourth-order valence-electron chi connectivity index (χ4n) is 4.10. The minimum Gasteiger partial charge on any atom is -0.357 e. The summed E-state index contributed by atoms with van der Waals surface area (Å²) < 4.78 is 0. The van der Waals surface area contributed by atoms with Crippen LogP contribution in [-0.4, -0.2) is 18.5 Å². The predicted molar refractivity (Wildman–Crippen MR) is 71.8 cm³/mol. The molecule has 4 rings (SSSR count). The number of nitrogens with one attached hydrogen (secondary N) is 1. The smallest absolute Gasteiger partial charge is 0.247 e. The second kappa shape index (κ2) is 3.50. The Hall–Kier alpha value is -1.51. The molecule has 3 heteroatoms. The lowest BCUT2D eigenvalue weighted by Gasteiger charge is -2.35. The standard InChI is InChI=1S/C15H18N2O/c1-9-5-6-13-12(7-9)16-15(18)14-11-4-2-3-10(11)8-17(13)14/h5-7,10-11,14H,2-4,8H2,1H3,(H,16,18). The lowest BCUT2D eigenvalue weighted by molar-refractivity contribution is -0.118. The Labute approximate surface area is 107 Å². The highest BCUT2D eigenvalue weighted by molar-refractivity contribution is 6.04. The van der Waals surface area contributed by atoms with Gasteiger partial charge in [0, 0.05) is 6.54 Å². The van der Waals surface area contributed by atoms with Gasteiger partial charge >= 0.3 is 0 Å². The van der Waals surface area contributed by atoms with Crippen LogP contribution in [0.5, 0.6) is 0 Å². The van der Waals surface area contributed by atoms with Crippen LogP contribution in [-0.2, 0) is 4.79 Å². The minimum absolute atomic E-state index is 0.0905. The molecule has 1 aliphatic carbocycles. The maximum absolute atomic E-state index is 12.3. The third kappa shape index (κ3) is 1.27. The minimum atomic E-state index is 0.0905. The van der Waals surface area contributed by atoms with Crippen molar-refractivity contribution in [2.24, 2.45) is 11.8 Å². The van der Waals surface area contributed by atoms with Gasteiger partial charge in [0.2, 0.25) is 5.91 Å². The van der Waals surface area contributed by atoms with E-state index in [1.807, 2.05) is 0 Å². The summed E-state index contributed by atoms with van der Waals surface area (Å²) in [6.07, 6.45) is 3.82. The van der Waals surface area contributed by atoms with Gasteiger partial charge in [-0.05, 0) is 49.3 Å². The summed E-state index contributed by atoms with van der Waals surface area (Å²) in [4.78, 5) is 14.7. The van der Waals surface area contributed by atoms with Crippen LogP contribution in [0.3, 0.4) is 0 Å². The van der Waals surface area contributed by atoms with E-state index in [0.717, 1.165) is 18.2 Å². The molecule has 0 aromatic heterocycles. The van der Waals surface area contributed by atoms with Crippen LogP contribution >= 0.6 is 0 Å².